The van der Waals surface area contributed by atoms with E-state index < -0.39 is 17.6 Å². The van der Waals surface area contributed by atoms with Crippen LogP contribution in [0.2, 0.25) is 0 Å². The van der Waals surface area contributed by atoms with Crippen LogP contribution in [0.1, 0.15) is 18.0 Å². The van der Waals surface area contributed by atoms with E-state index in [0.29, 0.717) is 12.0 Å². The third-order valence-electron chi connectivity index (χ3n) is 1.86. The zero-order chi connectivity index (χ0) is 9.84. The normalized spacial score (nSPS) is 11.9. The smallest absolute Gasteiger partial charge is 0.165 e. The first kappa shape index (κ1) is 13.2. The van der Waals surface area contributed by atoms with Gasteiger partial charge in [0.15, 0.2) is 11.6 Å². The van der Waals surface area contributed by atoms with Crippen LogP contribution in [-0.2, 0) is 0 Å². The minimum atomic E-state index is -0.689. The summed E-state index contributed by atoms with van der Waals surface area (Å²) in [5.74, 6) is -1.12. The van der Waals surface area contributed by atoms with Gasteiger partial charge in [-0.05, 0) is 12.5 Å². The van der Waals surface area contributed by atoms with Crippen molar-refractivity contribution in [3.63, 3.8) is 0 Å². The summed E-state index contributed by atoms with van der Waals surface area (Å²) in [6, 6.07) is 3.64. The number of aliphatic hydroxyl groups excluding tert-OH is 1. The molecule has 0 aromatic heterocycles. The highest BCUT2D eigenvalue weighted by atomic mass is 35.5. The summed E-state index contributed by atoms with van der Waals surface area (Å²) in [6.07, 6.45) is 0.303. The van der Waals surface area contributed by atoms with Gasteiger partial charge in [0.25, 0.3) is 0 Å². The average Bonchev–Trinajstić information content (AvgIpc) is 2.10. The third kappa shape index (κ3) is 2.83. The maximum absolute atomic E-state index is 12.8. The number of hydrogen-bond acceptors (Lipinski definition) is 3. The highest BCUT2D eigenvalue weighted by Gasteiger charge is 2.12. The van der Waals surface area contributed by atoms with Crippen LogP contribution in [-0.4, -0.2) is 16.8 Å². The summed E-state index contributed by atoms with van der Waals surface area (Å²) in [5, 5.41) is 17.9. The number of halogens is 2. The largest absolute Gasteiger partial charge is 0.505 e. The van der Waals surface area contributed by atoms with Crippen molar-refractivity contribution in [2.24, 2.45) is 5.73 Å². The molecule has 0 spiro atoms. The summed E-state index contributed by atoms with van der Waals surface area (Å²) in [5.41, 5.74) is 5.92. The summed E-state index contributed by atoms with van der Waals surface area (Å²) in [4.78, 5) is 0. The van der Waals surface area contributed by atoms with E-state index in [9.17, 15) is 9.50 Å². The van der Waals surface area contributed by atoms with Crippen molar-refractivity contribution in [3.05, 3.63) is 29.6 Å². The SMILES string of the molecule is Cl.N[C@@H](CCO)c1cccc(F)c1O. The molecular weight excluding hydrogens is 209 g/mol. The molecule has 5 heteroatoms. The molecule has 1 atom stereocenters. The van der Waals surface area contributed by atoms with Crippen LogP contribution in [0, 0.1) is 5.82 Å². The van der Waals surface area contributed by atoms with Gasteiger partial charge in [-0.15, -0.1) is 12.4 Å². The lowest BCUT2D eigenvalue weighted by molar-refractivity contribution is 0.275. The van der Waals surface area contributed by atoms with Crippen LogP contribution in [0.25, 0.3) is 0 Å². The Morgan fingerprint density at radius 1 is 1.43 bits per heavy atom. The lowest BCUT2D eigenvalue weighted by atomic mass is 10.0. The van der Waals surface area contributed by atoms with Crippen molar-refractivity contribution in [3.8, 4) is 5.75 Å². The van der Waals surface area contributed by atoms with Crippen molar-refractivity contribution in [1.82, 2.24) is 0 Å². The van der Waals surface area contributed by atoms with Gasteiger partial charge in [0, 0.05) is 18.2 Å². The fraction of sp³-hybridized carbons (Fsp3) is 0.333. The van der Waals surface area contributed by atoms with Crippen molar-refractivity contribution < 1.29 is 14.6 Å². The van der Waals surface area contributed by atoms with Crippen LogP contribution < -0.4 is 5.73 Å². The molecule has 3 nitrogen and oxygen atoms in total. The molecule has 0 aliphatic heterocycles. The Bertz CT molecular complexity index is 296. The summed E-state index contributed by atoms with van der Waals surface area (Å²) in [6.45, 7) is -0.0862. The number of phenols is 1. The monoisotopic (exact) mass is 221 g/mol. The molecule has 0 bridgehead atoms. The predicted molar refractivity (Wildman–Crippen MR) is 53.9 cm³/mol. The molecule has 0 aliphatic rings. The number of aliphatic hydroxyl groups is 1. The molecule has 0 saturated heterocycles. The van der Waals surface area contributed by atoms with E-state index in [1.54, 1.807) is 6.07 Å². The molecule has 1 aromatic carbocycles. The summed E-state index contributed by atoms with van der Waals surface area (Å²) >= 11 is 0. The quantitative estimate of drug-likeness (QED) is 0.722. The molecular formula is C9H13ClFNO2. The van der Waals surface area contributed by atoms with E-state index in [0.717, 1.165) is 6.07 Å². The van der Waals surface area contributed by atoms with Gasteiger partial charge in [-0.2, -0.15) is 0 Å². The van der Waals surface area contributed by atoms with Crippen molar-refractivity contribution in [2.45, 2.75) is 12.5 Å². The first-order chi connectivity index (χ1) is 6.16. The van der Waals surface area contributed by atoms with Gasteiger partial charge in [-0.1, -0.05) is 12.1 Å². The number of nitrogens with two attached hydrogens (primary N) is 1. The van der Waals surface area contributed by atoms with Crippen LogP contribution in [0.3, 0.4) is 0 Å². The Hall–Kier alpha value is -0.840. The van der Waals surface area contributed by atoms with Gasteiger partial charge in [-0.25, -0.2) is 4.39 Å². The van der Waals surface area contributed by atoms with Crippen molar-refractivity contribution in [2.75, 3.05) is 6.61 Å². The number of rotatable bonds is 3. The molecule has 0 amide bonds. The fourth-order valence-electron chi connectivity index (χ4n) is 1.13. The Morgan fingerprint density at radius 2 is 2.07 bits per heavy atom. The zero-order valence-electron chi connectivity index (χ0n) is 7.48. The molecule has 0 aliphatic carbocycles. The average molecular weight is 222 g/mol. The number of aromatic hydroxyl groups is 1. The highest BCUT2D eigenvalue weighted by molar-refractivity contribution is 5.85. The molecule has 14 heavy (non-hydrogen) atoms. The van der Waals surface area contributed by atoms with E-state index >= 15 is 0 Å². The Labute approximate surface area is 87.8 Å². The van der Waals surface area contributed by atoms with Gasteiger partial charge in [0.05, 0.1) is 0 Å². The number of para-hydroxylation sites is 1. The van der Waals surface area contributed by atoms with Crippen LogP contribution in [0.5, 0.6) is 5.75 Å². The molecule has 0 saturated carbocycles. The Kier molecular flexibility index (Phi) is 5.45. The second kappa shape index (κ2) is 5.80. The molecule has 1 aromatic rings. The maximum atomic E-state index is 12.8. The second-order valence-corrected chi connectivity index (χ2v) is 2.80. The molecule has 1 rings (SSSR count). The summed E-state index contributed by atoms with van der Waals surface area (Å²) in [7, 11) is 0. The molecule has 0 heterocycles. The van der Waals surface area contributed by atoms with E-state index in [1.165, 1.54) is 6.07 Å². The topological polar surface area (TPSA) is 66.5 Å². The van der Waals surface area contributed by atoms with Crippen LogP contribution >= 0.6 is 12.4 Å². The van der Waals surface area contributed by atoms with Gasteiger partial charge in [0.2, 0.25) is 0 Å². The van der Waals surface area contributed by atoms with Crippen LogP contribution in [0.15, 0.2) is 18.2 Å². The van der Waals surface area contributed by atoms with E-state index in [-0.39, 0.29) is 19.0 Å². The minimum absolute atomic E-state index is 0. The number of benzene rings is 1. The lowest BCUT2D eigenvalue weighted by Gasteiger charge is -2.11. The predicted octanol–water partition coefficient (Wildman–Crippen LogP) is 1.34. The molecule has 0 fully saturated rings. The standard InChI is InChI=1S/C9H12FNO2.ClH/c10-7-3-1-2-6(9(7)13)8(11)4-5-12;/h1-3,8,12-13H,4-5,11H2;1H/t8-;/m0./s1. The van der Waals surface area contributed by atoms with Crippen molar-refractivity contribution >= 4 is 12.4 Å². The van der Waals surface area contributed by atoms with Gasteiger partial charge < -0.3 is 15.9 Å². The molecule has 80 valence electrons. The zero-order valence-corrected chi connectivity index (χ0v) is 8.30. The third-order valence-corrected chi connectivity index (χ3v) is 1.86. The van der Waals surface area contributed by atoms with E-state index in [1.807, 2.05) is 0 Å². The van der Waals surface area contributed by atoms with Gasteiger partial charge in [-0.3, -0.25) is 0 Å². The van der Waals surface area contributed by atoms with Crippen molar-refractivity contribution in [1.29, 1.82) is 0 Å². The second-order valence-electron chi connectivity index (χ2n) is 2.80. The first-order valence-corrected chi connectivity index (χ1v) is 4.00. The van der Waals surface area contributed by atoms with Gasteiger partial charge >= 0.3 is 0 Å². The molecule has 0 unspecified atom stereocenters. The summed E-state index contributed by atoms with van der Waals surface area (Å²) < 4.78 is 12.8. The van der Waals surface area contributed by atoms with E-state index in [2.05, 4.69) is 0 Å². The lowest BCUT2D eigenvalue weighted by Crippen LogP contribution is -2.12. The molecule has 4 N–H and O–H groups in total. The Morgan fingerprint density at radius 3 is 2.64 bits per heavy atom. The Balaban J connectivity index is 0.00000169. The maximum Gasteiger partial charge on any atom is 0.165 e. The minimum Gasteiger partial charge on any atom is -0.505 e. The number of hydrogen-bond donors (Lipinski definition) is 3. The van der Waals surface area contributed by atoms with E-state index in [4.69, 9.17) is 10.8 Å². The first-order valence-electron chi connectivity index (χ1n) is 4.00. The number of phenolic OH excluding ortho intramolecular Hbond substituents is 1. The van der Waals surface area contributed by atoms with Crippen LogP contribution in [0.4, 0.5) is 4.39 Å². The highest BCUT2D eigenvalue weighted by Crippen LogP contribution is 2.26. The molecule has 0 radical (unpaired) electrons. The van der Waals surface area contributed by atoms with Gasteiger partial charge in [0.1, 0.15) is 0 Å². The fourth-order valence-corrected chi connectivity index (χ4v) is 1.13.